The van der Waals surface area contributed by atoms with E-state index in [2.05, 4.69) is 0 Å². The van der Waals surface area contributed by atoms with Crippen molar-refractivity contribution in [2.45, 2.75) is 13.8 Å². The summed E-state index contributed by atoms with van der Waals surface area (Å²) in [5.74, 6) is 1.16. The fourth-order valence-electron chi connectivity index (χ4n) is 2.41. The number of phenolic OH excluding ortho intramolecular Hbond substituents is 1. The van der Waals surface area contributed by atoms with Gasteiger partial charge in [-0.25, -0.2) is 0 Å². The van der Waals surface area contributed by atoms with Crippen molar-refractivity contribution in [2.75, 3.05) is 20.8 Å². The van der Waals surface area contributed by atoms with Crippen LogP contribution in [0.1, 0.15) is 29.8 Å². The van der Waals surface area contributed by atoms with Gasteiger partial charge in [0, 0.05) is 11.6 Å². The van der Waals surface area contributed by atoms with Gasteiger partial charge in [0.05, 0.1) is 19.8 Å². The molecular weight excluding hydrogens is 344 g/mol. The third-order valence-electron chi connectivity index (χ3n) is 3.82. The van der Waals surface area contributed by atoms with Gasteiger partial charge in [0.2, 0.25) is 0 Å². The highest BCUT2D eigenvalue weighted by Crippen LogP contribution is 2.32. The molecule has 0 aliphatic heterocycles. The number of allylic oxidation sites excluding steroid dienone is 2. The first-order valence-electron chi connectivity index (χ1n) is 8.48. The zero-order chi connectivity index (χ0) is 19.8. The molecule has 1 N–H and O–H groups in total. The average Bonchev–Trinajstić information content (AvgIpc) is 2.65. The predicted molar refractivity (Wildman–Crippen MR) is 106 cm³/mol. The van der Waals surface area contributed by atoms with Gasteiger partial charge in [-0.1, -0.05) is 17.7 Å². The zero-order valence-corrected chi connectivity index (χ0v) is 16.0. The van der Waals surface area contributed by atoms with Crippen molar-refractivity contribution >= 4 is 11.9 Å². The molecule has 2 rings (SSSR count). The zero-order valence-electron chi connectivity index (χ0n) is 16.0. The normalized spacial score (nSPS) is 10.5. The molecular formula is C22H24O5. The second-order valence-corrected chi connectivity index (χ2v) is 6.05. The van der Waals surface area contributed by atoms with Crippen molar-refractivity contribution in [1.82, 2.24) is 0 Å². The molecule has 0 unspecified atom stereocenters. The van der Waals surface area contributed by atoms with E-state index >= 15 is 0 Å². The van der Waals surface area contributed by atoms with Crippen LogP contribution in [-0.4, -0.2) is 31.7 Å². The molecule has 142 valence electrons. The first-order chi connectivity index (χ1) is 13.0. The predicted octanol–water partition coefficient (Wildman–Crippen LogP) is 4.65. The topological polar surface area (TPSA) is 65.0 Å². The van der Waals surface area contributed by atoms with E-state index in [1.54, 1.807) is 31.4 Å². The maximum Gasteiger partial charge on any atom is 0.189 e. The molecule has 27 heavy (non-hydrogen) atoms. The number of ketones is 1. The smallest absolute Gasteiger partial charge is 0.189 e. The Morgan fingerprint density at radius 2 is 1.89 bits per heavy atom. The highest BCUT2D eigenvalue weighted by Gasteiger charge is 2.11. The number of phenols is 1. The third kappa shape index (κ3) is 5.38. The van der Waals surface area contributed by atoms with Gasteiger partial charge in [0.25, 0.3) is 0 Å². The summed E-state index contributed by atoms with van der Waals surface area (Å²) in [4.78, 5) is 12.4. The largest absolute Gasteiger partial charge is 0.507 e. The molecule has 0 saturated carbocycles. The minimum Gasteiger partial charge on any atom is -0.507 e. The van der Waals surface area contributed by atoms with Gasteiger partial charge in [-0.05, 0) is 50.3 Å². The summed E-state index contributed by atoms with van der Waals surface area (Å²) in [5.41, 5.74) is 2.04. The van der Waals surface area contributed by atoms with Crippen LogP contribution in [0.2, 0.25) is 0 Å². The molecule has 2 aromatic carbocycles. The van der Waals surface area contributed by atoms with Gasteiger partial charge < -0.3 is 19.3 Å². The SMILES string of the molecule is COc1cccc(/C=C/C(=O)c2ccc(OCC=C(C)C)cc2O)c1OC. The van der Waals surface area contributed by atoms with Crippen LogP contribution >= 0.6 is 0 Å². The summed E-state index contributed by atoms with van der Waals surface area (Å²) >= 11 is 0. The first kappa shape index (κ1) is 20.1. The number of carbonyl (C=O) groups is 1. The standard InChI is InChI=1S/C22H24O5/c1-15(2)12-13-27-17-9-10-18(20(24)14-17)19(23)11-8-16-6-5-7-21(25-3)22(16)26-4/h5-12,14,24H,13H2,1-4H3/b11-8+. The molecule has 0 atom stereocenters. The van der Waals surface area contributed by atoms with Gasteiger partial charge in [-0.3, -0.25) is 4.79 Å². The summed E-state index contributed by atoms with van der Waals surface area (Å²) < 4.78 is 16.1. The maximum absolute atomic E-state index is 12.4. The van der Waals surface area contributed by atoms with E-state index < -0.39 is 0 Å². The molecule has 5 heteroatoms. The van der Waals surface area contributed by atoms with Crippen molar-refractivity contribution in [2.24, 2.45) is 0 Å². The molecule has 0 saturated heterocycles. The minimum absolute atomic E-state index is 0.128. The Hall–Kier alpha value is -3.21. The van der Waals surface area contributed by atoms with Crippen molar-refractivity contribution in [3.8, 4) is 23.0 Å². The molecule has 0 amide bonds. The molecule has 0 fully saturated rings. The van der Waals surface area contributed by atoms with Gasteiger partial charge in [-0.15, -0.1) is 0 Å². The van der Waals surface area contributed by atoms with Crippen LogP contribution in [0.15, 0.2) is 54.1 Å². The van der Waals surface area contributed by atoms with Crippen molar-refractivity contribution < 1.29 is 24.1 Å². The highest BCUT2D eigenvalue weighted by molar-refractivity contribution is 6.08. The molecule has 0 heterocycles. The van der Waals surface area contributed by atoms with Gasteiger partial charge >= 0.3 is 0 Å². The minimum atomic E-state index is -0.326. The average molecular weight is 368 g/mol. The number of para-hydroxylation sites is 1. The van der Waals surface area contributed by atoms with Crippen LogP contribution in [0.4, 0.5) is 0 Å². The monoisotopic (exact) mass is 368 g/mol. The van der Waals surface area contributed by atoms with Crippen LogP contribution in [-0.2, 0) is 0 Å². The lowest BCUT2D eigenvalue weighted by Gasteiger charge is -2.10. The summed E-state index contributed by atoms with van der Waals surface area (Å²) in [7, 11) is 3.09. The van der Waals surface area contributed by atoms with Crippen molar-refractivity contribution in [3.63, 3.8) is 0 Å². The van der Waals surface area contributed by atoms with Gasteiger partial charge in [0.15, 0.2) is 17.3 Å². The van der Waals surface area contributed by atoms with Gasteiger partial charge in [-0.2, -0.15) is 0 Å². The molecule has 0 radical (unpaired) electrons. The Kier molecular flexibility index (Phi) is 7.06. The Bertz CT molecular complexity index is 861. The number of aromatic hydroxyl groups is 1. The summed E-state index contributed by atoms with van der Waals surface area (Å²) in [6.07, 6.45) is 4.94. The molecule has 0 aliphatic rings. The number of rotatable bonds is 8. The molecule has 0 aliphatic carbocycles. The Morgan fingerprint density at radius 1 is 1.11 bits per heavy atom. The van der Waals surface area contributed by atoms with E-state index in [9.17, 15) is 9.90 Å². The summed E-state index contributed by atoms with van der Waals surface area (Å²) in [6.45, 7) is 4.36. The fraction of sp³-hybridized carbons (Fsp3) is 0.227. The quantitative estimate of drug-likeness (QED) is 0.417. The number of hydrogen-bond acceptors (Lipinski definition) is 5. The van der Waals surface area contributed by atoms with Gasteiger partial charge in [0.1, 0.15) is 18.1 Å². The van der Waals surface area contributed by atoms with Crippen molar-refractivity contribution in [3.05, 3.63) is 65.3 Å². The third-order valence-corrected chi connectivity index (χ3v) is 3.82. The van der Waals surface area contributed by atoms with Crippen LogP contribution in [0.25, 0.3) is 6.08 Å². The fourth-order valence-corrected chi connectivity index (χ4v) is 2.41. The van der Waals surface area contributed by atoms with Crippen LogP contribution in [0.5, 0.6) is 23.0 Å². The number of hydrogen-bond donors (Lipinski definition) is 1. The Morgan fingerprint density at radius 3 is 2.52 bits per heavy atom. The summed E-state index contributed by atoms with van der Waals surface area (Å²) in [5, 5.41) is 10.2. The number of methoxy groups -OCH3 is 2. The first-order valence-corrected chi connectivity index (χ1v) is 8.48. The van der Waals surface area contributed by atoms with E-state index in [1.807, 2.05) is 32.1 Å². The second-order valence-electron chi connectivity index (χ2n) is 6.05. The molecule has 5 nitrogen and oxygen atoms in total. The lowest BCUT2D eigenvalue weighted by Crippen LogP contribution is -1.98. The van der Waals surface area contributed by atoms with Crippen molar-refractivity contribution in [1.29, 1.82) is 0 Å². The lowest BCUT2D eigenvalue weighted by molar-refractivity contribution is 0.104. The Labute approximate surface area is 159 Å². The molecule has 0 bridgehead atoms. The lowest BCUT2D eigenvalue weighted by atomic mass is 10.1. The molecule has 0 aromatic heterocycles. The molecule has 2 aromatic rings. The highest BCUT2D eigenvalue weighted by atomic mass is 16.5. The van der Waals surface area contributed by atoms with E-state index in [-0.39, 0.29) is 17.1 Å². The summed E-state index contributed by atoms with van der Waals surface area (Å²) in [6, 6.07) is 10.0. The van der Waals surface area contributed by atoms with Crippen LogP contribution in [0, 0.1) is 0 Å². The molecule has 0 spiro atoms. The van der Waals surface area contributed by atoms with Crippen LogP contribution in [0.3, 0.4) is 0 Å². The second kappa shape index (κ2) is 9.48. The maximum atomic E-state index is 12.4. The van der Waals surface area contributed by atoms with E-state index in [0.717, 1.165) is 5.57 Å². The number of carbonyl (C=O) groups excluding carboxylic acids is 1. The number of benzene rings is 2. The number of ether oxygens (including phenoxy) is 3. The Balaban J connectivity index is 2.16. The van der Waals surface area contributed by atoms with E-state index in [1.165, 1.54) is 19.3 Å². The van der Waals surface area contributed by atoms with E-state index in [0.29, 0.717) is 29.4 Å². The van der Waals surface area contributed by atoms with Crippen LogP contribution < -0.4 is 14.2 Å². The van der Waals surface area contributed by atoms with E-state index in [4.69, 9.17) is 14.2 Å².